The van der Waals surface area contributed by atoms with Crippen molar-refractivity contribution in [3.05, 3.63) is 34.3 Å². The van der Waals surface area contributed by atoms with E-state index in [1.54, 1.807) is 7.11 Å². The number of nitrogens with zero attached hydrogens (tertiary/aromatic N) is 3. The number of rotatable bonds is 8. The third-order valence-corrected chi connectivity index (χ3v) is 7.50. The lowest BCUT2D eigenvalue weighted by molar-refractivity contribution is -0.0419. The molecular weight excluding hydrogens is 422 g/mol. The average Bonchev–Trinajstić information content (AvgIpc) is 3.15. The Hall–Kier alpha value is -2.16. The van der Waals surface area contributed by atoms with Gasteiger partial charge in [-0.05, 0) is 70.6 Å². The SMILES string of the molecule is COCCO[C@H]1CC[C@](C)(N2CCC(n3c(=O)oc4ccc(/C(C)=N/OC)cc43)CC2)CC1. The van der Waals surface area contributed by atoms with Crippen molar-refractivity contribution in [3.63, 3.8) is 0 Å². The minimum absolute atomic E-state index is 0.141. The normalized spacial score (nSPS) is 25.6. The molecule has 1 aromatic heterocycles. The van der Waals surface area contributed by atoms with Crippen LogP contribution in [0.25, 0.3) is 11.1 Å². The fourth-order valence-corrected chi connectivity index (χ4v) is 5.45. The van der Waals surface area contributed by atoms with E-state index in [9.17, 15) is 4.79 Å². The first kappa shape index (κ1) is 24.0. The molecule has 4 rings (SSSR count). The van der Waals surface area contributed by atoms with Crippen LogP contribution in [-0.4, -0.2) is 67.3 Å². The first-order valence-corrected chi connectivity index (χ1v) is 12.0. The fraction of sp³-hybridized carbons (Fsp3) is 0.680. The Morgan fingerprint density at radius 2 is 1.88 bits per heavy atom. The van der Waals surface area contributed by atoms with E-state index in [1.165, 1.54) is 7.11 Å². The third kappa shape index (κ3) is 5.18. The number of likely N-dealkylation sites (tertiary alicyclic amines) is 1. The Morgan fingerprint density at radius 3 is 2.55 bits per heavy atom. The van der Waals surface area contributed by atoms with Crippen molar-refractivity contribution in [3.8, 4) is 0 Å². The van der Waals surface area contributed by atoms with Crippen LogP contribution in [0.2, 0.25) is 0 Å². The van der Waals surface area contributed by atoms with Gasteiger partial charge < -0.3 is 18.7 Å². The second-order valence-electron chi connectivity index (χ2n) is 9.56. The number of hydrogen-bond acceptors (Lipinski definition) is 7. The number of oxazole rings is 1. The smallest absolute Gasteiger partial charge is 0.408 e. The summed E-state index contributed by atoms with van der Waals surface area (Å²) in [6, 6.07) is 5.88. The van der Waals surface area contributed by atoms with Gasteiger partial charge in [0, 0.05) is 37.3 Å². The summed E-state index contributed by atoms with van der Waals surface area (Å²) in [6.45, 7) is 7.59. The summed E-state index contributed by atoms with van der Waals surface area (Å²) in [7, 11) is 3.24. The first-order valence-electron chi connectivity index (χ1n) is 12.0. The lowest BCUT2D eigenvalue weighted by atomic mass is 9.79. The molecular formula is C25H37N3O5. The molecule has 0 amide bonds. The number of hydrogen-bond donors (Lipinski definition) is 0. The highest BCUT2D eigenvalue weighted by Crippen LogP contribution is 2.38. The summed E-state index contributed by atoms with van der Waals surface area (Å²) < 4.78 is 18.5. The molecule has 0 radical (unpaired) electrons. The standard InChI is InChI=1S/C25H37N3O5/c1-18(26-31-4)19-5-6-23-22(17-19)28(24(29)33-23)20-9-13-27(14-10-20)25(2)11-7-21(8-12-25)32-16-15-30-3/h5-6,17,20-21H,7-16H2,1-4H3/b26-18+/t21-,25-. The second kappa shape index (κ2) is 10.4. The molecule has 33 heavy (non-hydrogen) atoms. The highest BCUT2D eigenvalue weighted by atomic mass is 16.6. The summed E-state index contributed by atoms with van der Waals surface area (Å²) >= 11 is 0. The highest BCUT2D eigenvalue weighted by molar-refractivity contribution is 6.00. The van der Waals surface area contributed by atoms with Crippen molar-refractivity contribution < 1.29 is 18.7 Å². The van der Waals surface area contributed by atoms with Gasteiger partial charge in [0.1, 0.15) is 7.11 Å². The minimum Gasteiger partial charge on any atom is -0.408 e. The maximum absolute atomic E-state index is 12.7. The van der Waals surface area contributed by atoms with E-state index in [4.69, 9.17) is 18.7 Å². The Bertz CT molecular complexity index is 1010. The number of ether oxygens (including phenoxy) is 2. The molecule has 1 aliphatic carbocycles. The van der Waals surface area contributed by atoms with Crippen LogP contribution < -0.4 is 5.76 Å². The lowest BCUT2D eigenvalue weighted by Gasteiger charge is -2.48. The molecule has 0 spiro atoms. The molecule has 1 saturated heterocycles. The van der Waals surface area contributed by atoms with Gasteiger partial charge in [-0.3, -0.25) is 9.47 Å². The average molecular weight is 460 g/mol. The topological polar surface area (TPSA) is 78.4 Å². The van der Waals surface area contributed by atoms with Crippen LogP contribution in [0.3, 0.4) is 0 Å². The second-order valence-corrected chi connectivity index (χ2v) is 9.56. The summed E-state index contributed by atoms with van der Waals surface area (Å²) in [5.41, 5.74) is 3.35. The molecule has 0 N–H and O–H groups in total. The quantitative estimate of drug-likeness (QED) is 0.338. The van der Waals surface area contributed by atoms with E-state index in [0.717, 1.165) is 68.4 Å². The van der Waals surface area contributed by atoms with Crippen LogP contribution in [0, 0.1) is 0 Å². The molecule has 2 fully saturated rings. The summed E-state index contributed by atoms with van der Waals surface area (Å²) in [5, 5.41) is 4.02. The molecule has 2 aliphatic rings. The number of aromatic nitrogens is 1. The maximum Gasteiger partial charge on any atom is 0.420 e. The third-order valence-electron chi connectivity index (χ3n) is 7.50. The zero-order valence-corrected chi connectivity index (χ0v) is 20.3. The van der Waals surface area contributed by atoms with Crippen LogP contribution >= 0.6 is 0 Å². The Kier molecular flexibility index (Phi) is 7.56. The molecule has 0 unspecified atom stereocenters. The molecule has 0 bridgehead atoms. The maximum atomic E-state index is 12.7. The molecule has 8 nitrogen and oxygen atoms in total. The van der Waals surface area contributed by atoms with Gasteiger partial charge in [0.2, 0.25) is 0 Å². The van der Waals surface area contributed by atoms with Gasteiger partial charge in [-0.1, -0.05) is 5.16 Å². The van der Waals surface area contributed by atoms with Gasteiger partial charge in [0.05, 0.1) is 30.5 Å². The summed E-state index contributed by atoms with van der Waals surface area (Å²) in [5.74, 6) is -0.276. The highest BCUT2D eigenvalue weighted by Gasteiger charge is 2.38. The van der Waals surface area contributed by atoms with E-state index in [2.05, 4.69) is 17.0 Å². The molecule has 2 aromatic rings. The number of methoxy groups -OCH3 is 1. The van der Waals surface area contributed by atoms with Gasteiger partial charge in [-0.25, -0.2) is 4.79 Å². The lowest BCUT2D eigenvalue weighted by Crippen LogP contribution is -2.53. The fourth-order valence-electron chi connectivity index (χ4n) is 5.45. The van der Waals surface area contributed by atoms with Gasteiger partial charge in [0.15, 0.2) is 5.58 Å². The molecule has 8 heteroatoms. The van der Waals surface area contributed by atoms with Crippen molar-refractivity contribution >= 4 is 16.8 Å². The van der Waals surface area contributed by atoms with Crippen molar-refractivity contribution in [1.29, 1.82) is 0 Å². The number of piperidine rings is 1. The number of benzene rings is 1. The Labute approximate surface area is 195 Å². The molecule has 1 aliphatic heterocycles. The largest absolute Gasteiger partial charge is 0.420 e. The number of fused-ring (bicyclic) bond motifs is 1. The van der Waals surface area contributed by atoms with Gasteiger partial charge >= 0.3 is 5.76 Å². The van der Waals surface area contributed by atoms with Crippen molar-refractivity contribution in [2.45, 2.75) is 70.1 Å². The van der Waals surface area contributed by atoms with Crippen LogP contribution in [-0.2, 0) is 14.3 Å². The minimum atomic E-state index is -0.276. The zero-order valence-electron chi connectivity index (χ0n) is 20.3. The molecule has 1 saturated carbocycles. The van der Waals surface area contributed by atoms with Gasteiger partial charge in [-0.15, -0.1) is 0 Å². The summed E-state index contributed by atoms with van der Waals surface area (Å²) in [4.78, 5) is 20.3. The van der Waals surface area contributed by atoms with E-state index < -0.39 is 0 Å². The molecule has 0 atom stereocenters. The van der Waals surface area contributed by atoms with Crippen molar-refractivity contribution in [1.82, 2.24) is 9.47 Å². The predicted molar refractivity (Wildman–Crippen MR) is 128 cm³/mol. The van der Waals surface area contributed by atoms with Crippen LogP contribution in [0.5, 0.6) is 0 Å². The Balaban J connectivity index is 1.42. The molecule has 1 aromatic carbocycles. The van der Waals surface area contributed by atoms with Crippen molar-refractivity contribution in [2.24, 2.45) is 5.16 Å². The van der Waals surface area contributed by atoms with E-state index >= 15 is 0 Å². The van der Waals surface area contributed by atoms with E-state index in [1.807, 2.05) is 29.7 Å². The van der Waals surface area contributed by atoms with Crippen LogP contribution in [0.1, 0.15) is 64.0 Å². The van der Waals surface area contributed by atoms with Crippen molar-refractivity contribution in [2.75, 3.05) is 40.5 Å². The summed E-state index contributed by atoms with van der Waals surface area (Å²) in [6.07, 6.45) is 6.70. The van der Waals surface area contributed by atoms with Gasteiger partial charge in [0.25, 0.3) is 0 Å². The van der Waals surface area contributed by atoms with E-state index in [-0.39, 0.29) is 17.3 Å². The number of oxime groups is 1. The zero-order chi connectivity index (χ0) is 23.4. The van der Waals surface area contributed by atoms with E-state index in [0.29, 0.717) is 24.9 Å². The molecule has 2 heterocycles. The first-order chi connectivity index (χ1) is 15.9. The molecule has 182 valence electrons. The van der Waals surface area contributed by atoms with Crippen LogP contribution in [0.4, 0.5) is 0 Å². The van der Waals surface area contributed by atoms with Gasteiger partial charge in [-0.2, -0.15) is 0 Å². The van der Waals surface area contributed by atoms with Crippen LogP contribution in [0.15, 0.2) is 32.6 Å². The Morgan fingerprint density at radius 1 is 1.15 bits per heavy atom. The predicted octanol–water partition coefficient (Wildman–Crippen LogP) is 3.97. The monoisotopic (exact) mass is 459 g/mol.